The summed E-state index contributed by atoms with van der Waals surface area (Å²) < 4.78 is 16.0. The van der Waals surface area contributed by atoms with Crippen LogP contribution >= 0.6 is 0 Å². The number of fused-ring (bicyclic) bond motifs is 1. The van der Waals surface area contributed by atoms with Crippen LogP contribution < -0.4 is 0 Å². The largest absolute Gasteiger partial charge is 0.457 e. The van der Waals surface area contributed by atoms with Crippen LogP contribution in [-0.4, -0.2) is 17.7 Å². The fourth-order valence-corrected chi connectivity index (χ4v) is 2.94. The molecule has 1 aliphatic rings. The van der Waals surface area contributed by atoms with Gasteiger partial charge < -0.3 is 13.9 Å². The first-order valence-corrected chi connectivity index (χ1v) is 8.19. The van der Waals surface area contributed by atoms with E-state index in [1.54, 1.807) is 12.1 Å². The average Bonchev–Trinajstić information content (AvgIpc) is 3.05. The molecule has 0 atom stereocenters. The fourth-order valence-electron chi connectivity index (χ4n) is 2.94. The van der Waals surface area contributed by atoms with Gasteiger partial charge in [0.2, 0.25) is 0 Å². The van der Waals surface area contributed by atoms with E-state index in [9.17, 15) is 9.59 Å². The Balaban J connectivity index is 1.71. The summed E-state index contributed by atoms with van der Waals surface area (Å²) in [5.74, 6) is -1.70. The molecule has 2 aromatic carbocycles. The molecule has 130 valence electrons. The van der Waals surface area contributed by atoms with Crippen LogP contribution in [0.25, 0.3) is 28.2 Å². The number of carbonyl (C=O) groups excluding carboxylic acids is 2. The third-order valence-corrected chi connectivity index (χ3v) is 4.09. The number of hydrogen-bond acceptors (Lipinski definition) is 5. The van der Waals surface area contributed by atoms with E-state index in [1.807, 2.05) is 42.5 Å². The van der Waals surface area contributed by atoms with Gasteiger partial charge in [-0.1, -0.05) is 42.5 Å². The van der Waals surface area contributed by atoms with Crippen molar-refractivity contribution in [3.63, 3.8) is 0 Å². The first-order chi connectivity index (χ1) is 12.4. The van der Waals surface area contributed by atoms with Crippen LogP contribution in [0.5, 0.6) is 0 Å². The molecular formula is C21H16O5. The highest BCUT2D eigenvalue weighted by Crippen LogP contribution is 2.31. The van der Waals surface area contributed by atoms with E-state index in [0.29, 0.717) is 11.5 Å². The molecule has 0 unspecified atom stereocenters. The standard InChI is InChI=1S/C21H16O5/c1-21(2)25-19(22)17(20(23)26-21)12-14-10-11-18(24-14)16-9-5-7-13-6-3-4-8-15(13)16/h3-12H,1-2H3. The molecule has 5 heteroatoms. The molecule has 26 heavy (non-hydrogen) atoms. The molecule has 0 radical (unpaired) electrons. The van der Waals surface area contributed by atoms with E-state index in [-0.39, 0.29) is 5.57 Å². The predicted octanol–water partition coefficient (Wildman–Crippen LogP) is 4.32. The van der Waals surface area contributed by atoms with Crippen molar-refractivity contribution in [3.05, 3.63) is 65.9 Å². The maximum absolute atomic E-state index is 12.0. The lowest BCUT2D eigenvalue weighted by atomic mass is 10.0. The van der Waals surface area contributed by atoms with Gasteiger partial charge in [-0.15, -0.1) is 0 Å². The normalized spacial score (nSPS) is 16.3. The van der Waals surface area contributed by atoms with Gasteiger partial charge in [0.25, 0.3) is 5.79 Å². The Morgan fingerprint density at radius 3 is 2.31 bits per heavy atom. The van der Waals surface area contributed by atoms with Crippen molar-refractivity contribution in [2.24, 2.45) is 0 Å². The molecule has 1 fully saturated rings. The highest BCUT2D eigenvalue weighted by molar-refractivity contribution is 6.18. The quantitative estimate of drug-likeness (QED) is 0.392. The highest BCUT2D eigenvalue weighted by atomic mass is 16.7. The lowest BCUT2D eigenvalue weighted by Crippen LogP contribution is -2.41. The predicted molar refractivity (Wildman–Crippen MR) is 95.9 cm³/mol. The minimum Gasteiger partial charge on any atom is -0.457 e. The summed E-state index contributed by atoms with van der Waals surface area (Å²) in [6, 6.07) is 17.4. The minimum atomic E-state index is -1.26. The maximum Gasteiger partial charge on any atom is 0.348 e. The Morgan fingerprint density at radius 1 is 0.846 bits per heavy atom. The number of ether oxygens (including phenoxy) is 2. The summed E-state index contributed by atoms with van der Waals surface area (Å²) in [5.41, 5.74) is 0.742. The number of hydrogen-bond donors (Lipinski definition) is 0. The van der Waals surface area contributed by atoms with Crippen molar-refractivity contribution in [2.45, 2.75) is 19.6 Å². The van der Waals surface area contributed by atoms with E-state index in [4.69, 9.17) is 13.9 Å². The van der Waals surface area contributed by atoms with E-state index < -0.39 is 17.7 Å². The zero-order valence-electron chi connectivity index (χ0n) is 14.3. The van der Waals surface area contributed by atoms with Gasteiger partial charge in [-0.25, -0.2) is 9.59 Å². The third kappa shape index (κ3) is 2.88. The van der Waals surface area contributed by atoms with E-state index in [0.717, 1.165) is 16.3 Å². The number of cyclic esters (lactones) is 2. The number of furan rings is 1. The van der Waals surface area contributed by atoms with Gasteiger partial charge in [-0.2, -0.15) is 0 Å². The molecule has 5 nitrogen and oxygen atoms in total. The van der Waals surface area contributed by atoms with Gasteiger partial charge in [0, 0.05) is 25.5 Å². The molecule has 0 bridgehead atoms. The molecule has 3 aromatic rings. The molecule has 0 N–H and O–H groups in total. The number of carbonyl (C=O) groups is 2. The van der Waals surface area contributed by atoms with Gasteiger partial charge in [-0.05, 0) is 22.9 Å². The lowest BCUT2D eigenvalue weighted by molar-refractivity contribution is -0.222. The number of esters is 2. The summed E-state index contributed by atoms with van der Waals surface area (Å²) >= 11 is 0. The summed E-state index contributed by atoms with van der Waals surface area (Å²) in [7, 11) is 0. The smallest absolute Gasteiger partial charge is 0.348 e. The second-order valence-corrected chi connectivity index (χ2v) is 6.47. The molecule has 0 spiro atoms. The van der Waals surface area contributed by atoms with Crippen molar-refractivity contribution < 1.29 is 23.5 Å². The van der Waals surface area contributed by atoms with Crippen LogP contribution in [0.1, 0.15) is 19.6 Å². The zero-order valence-corrected chi connectivity index (χ0v) is 14.3. The molecule has 0 saturated carbocycles. The average molecular weight is 348 g/mol. The maximum atomic E-state index is 12.0. The Morgan fingerprint density at radius 2 is 1.54 bits per heavy atom. The van der Waals surface area contributed by atoms with Crippen LogP contribution in [0.15, 0.2) is 64.6 Å². The zero-order chi connectivity index (χ0) is 18.3. The SMILES string of the molecule is CC1(C)OC(=O)C(=Cc2ccc(-c3cccc4ccccc34)o2)C(=O)O1. The van der Waals surface area contributed by atoms with E-state index in [2.05, 4.69) is 0 Å². The third-order valence-electron chi connectivity index (χ3n) is 4.09. The van der Waals surface area contributed by atoms with Gasteiger partial charge in [-0.3, -0.25) is 0 Å². The first-order valence-electron chi connectivity index (χ1n) is 8.19. The topological polar surface area (TPSA) is 65.7 Å². The molecule has 1 aliphatic heterocycles. The van der Waals surface area contributed by atoms with Crippen molar-refractivity contribution >= 4 is 28.8 Å². The van der Waals surface area contributed by atoms with Crippen molar-refractivity contribution in [1.82, 2.24) is 0 Å². The molecule has 0 aliphatic carbocycles. The van der Waals surface area contributed by atoms with Gasteiger partial charge >= 0.3 is 11.9 Å². The summed E-state index contributed by atoms with van der Waals surface area (Å²) in [4.78, 5) is 24.1. The van der Waals surface area contributed by atoms with Crippen molar-refractivity contribution in [2.75, 3.05) is 0 Å². The van der Waals surface area contributed by atoms with Crippen LogP contribution in [0.2, 0.25) is 0 Å². The summed E-state index contributed by atoms with van der Waals surface area (Å²) in [5, 5.41) is 2.16. The van der Waals surface area contributed by atoms with Crippen LogP contribution in [0.4, 0.5) is 0 Å². The summed E-state index contributed by atoms with van der Waals surface area (Å²) in [6.45, 7) is 3.01. The van der Waals surface area contributed by atoms with Crippen LogP contribution in [0, 0.1) is 0 Å². The van der Waals surface area contributed by atoms with Gasteiger partial charge in [0.05, 0.1) is 0 Å². The highest BCUT2D eigenvalue weighted by Gasteiger charge is 2.39. The molecule has 4 rings (SSSR count). The molecule has 2 heterocycles. The Labute approximate surface area is 149 Å². The van der Waals surface area contributed by atoms with Crippen molar-refractivity contribution in [3.8, 4) is 11.3 Å². The molecular weight excluding hydrogens is 332 g/mol. The molecule has 1 saturated heterocycles. The van der Waals surface area contributed by atoms with E-state index in [1.165, 1.54) is 19.9 Å². The minimum absolute atomic E-state index is 0.192. The number of benzene rings is 2. The Kier molecular flexibility index (Phi) is 3.65. The lowest BCUT2D eigenvalue weighted by Gasteiger charge is -2.29. The monoisotopic (exact) mass is 348 g/mol. The fraction of sp³-hybridized carbons (Fsp3) is 0.143. The van der Waals surface area contributed by atoms with Crippen molar-refractivity contribution in [1.29, 1.82) is 0 Å². The van der Waals surface area contributed by atoms with Gasteiger partial charge in [0.1, 0.15) is 17.1 Å². The van der Waals surface area contributed by atoms with Crippen LogP contribution in [0.3, 0.4) is 0 Å². The Hall–Kier alpha value is -3.34. The molecule has 1 aromatic heterocycles. The summed E-state index contributed by atoms with van der Waals surface area (Å²) in [6.07, 6.45) is 1.34. The molecule has 0 amide bonds. The first kappa shape index (κ1) is 16.1. The van der Waals surface area contributed by atoms with Crippen LogP contribution in [-0.2, 0) is 19.1 Å². The van der Waals surface area contributed by atoms with E-state index >= 15 is 0 Å². The second-order valence-electron chi connectivity index (χ2n) is 6.47. The van der Waals surface area contributed by atoms with Gasteiger partial charge in [0.15, 0.2) is 0 Å². The Bertz CT molecular complexity index is 1030. The second kappa shape index (κ2) is 5.88. The number of rotatable bonds is 2.